The summed E-state index contributed by atoms with van der Waals surface area (Å²) in [5.41, 5.74) is 2.20. The first kappa shape index (κ1) is 12.3. The van der Waals surface area contributed by atoms with Crippen LogP contribution < -0.4 is 5.32 Å². The van der Waals surface area contributed by atoms with Gasteiger partial charge in [0.1, 0.15) is 5.82 Å². The van der Waals surface area contributed by atoms with Crippen LogP contribution in [0.4, 0.5) is 0 Å². The number of imidazole rings is 1. The molecule has 2 aromatic rings. The van der Waals surface area contributed by atoms with E-state index in [4.69, 9.17) is 0 Å². The molecule has 1 aromatic carbocycles. The van der Waals surface area contributed by atoms with E-state index >= 15 is 0 Å². The fourth-order valence-corrected chi connectivity index (χ4v) is 2.04. The van der Waals surface area contributed by atoms with Crippen LogP contribution in [-0.2, 0) is 6.54 Å². The van der Waals surface area contributed by atoms with Gasteiger partial charge in [-0.3, -0.25) is 0 Å². The van der Waals surface area contributed by atoms with Crippen molar-refractivity contribution in [3.05, 3.63) is 40.8 Å². The molecule has 0 saturated heterocycles. The topological polar surface area (TPSA) is 40.7 Å². The Balaban J connectivity index is 2.07. The van der Waals surface area contributed by atoms with Gasteiger partial charge in [0.05, 0.1) is 18.4 Å². The van der Waals surface area contributed by atoms with Crippen LogP contribution in [0.5, 0.6) is 0 Å². The number of hydrogen-bond donors (Lipinski definition) is 2. The summed E-state index contributed by atoms with van der Waals surface area (Å²) in [6, 6.07) is 8.19. The third-order valence-corrected chi connectivity index (χ3v) is 2.98. The van der Waals surface area contributed by atoms with Gasteiger partial charge in [-0.1, -0.05) is 35.0 Å². The lowest BCUT2D eigenvalue weighted by Gasteiger charge is -2.00. The summed E-state index contributed by atoms with van der Waals surface area (Å²) in [6.07, 6.45) is 3.02. The summed E-state index contributed by atoms with van der Waals surface area (Å²) < 4.78 is 1.08. The fraction of sp³-hybridized carbons (Fsp3) is 0.308. The number of halogens is 1. The average Bonchev–Trinajstić information content (AvgIpc) is 2.78. The number of nitrogens with zero attached hydrogens (tertiary/aromatic N) is 1. The number of H-pyrrole nitrogens is 1. The third-order valence-electron chi connectivity index (χ3n) is 2.48. The Kier molecular flexibility index (Phi) is 4.34. The largest absolute Gasteiger partial charge is 0.341 e. The predicted octanol–water partition coefficient (Wildman–Crippen LogP) is 3.34. The van der Waals surface area contributed by atoms with Crippen molar-refractivity contribution >= 4 is 15.9 Å². The van der Waals surface area contributed by atoms with Gasteiger partial charge in [-0.05, 0) is 25.1 Å². The SMILES string of the molecule is CCCNCc1ncc(-c2cccc(Br)c2)[nH]1. The van der Waals surface area contributed by atoms with Crippen LogP contribution >= 0.6 is 15.9 Å². The minimum atomic E-state index is 0.793. The molecule has 2 rings (SSSR count). The highest BCUT2D eigenvalue weighted by Crippen LogP contribution is 2.21. The quantitative estimate of drug-likeness (QED) is 0.830. The first-order valence-electron chi connectivity index (χ1n) is 5.80. The number of benzene rings is 1. The summed E-state index contributed by atoms with van der Waals surface area (Å²) >= 11 is 3.47. The van der Waals surface area contributed by atoms with E-state index in [1.807, 2.05) is 18.3 Å². The fourth-order valence-electron chi connectivity index (χ4n) is 1.64. The van der Waals surface area contributed by atoms with Crippen molar-refractivity contribution in [2.24, 2.45) is 0 Å². The normalized spacial score (nSPS) is 10.7. The van der Waals surface area contributed by atoms with Crippen molar-refractivity contribution in [3.8, 4) is 11.3 Å². The molecule has 0 spiro atoms. The molecule has 0 aliphatic rings. The molecule has 90 valence electrons. The van der Waals surface area contributed by atoms with E-state index in [9.17, 15) is 0 Å². The van der Waals surface area contributed by atoms with Gasteiger partial charge >= 0.3 is 0 Å². The molecule has 4 heteroatoms. The molecular formula is C13H16BrN3. The number of rotatable bonds is 5. The standard InChI is InChI=1S/C13H16BrN3/c1-2-6-15-9-13-16-8-12(17-13)10-4-3-5-11(14)7-10/h3-5,7-8,15H,2,6,9H2,1H3,(H,16,17). The number of aromatic amines is 1. The van der Waals surface area contributed by atoms with E-state index in [1.165, 1.54) is 0 Å². The van der Waals surface area contributed by atoms with Gasteiger partial charge in [0.15, 0.2) is 0 Å². The van der Waals surface area contributed by atoms with E-state index in [-0.39, 0.29) is 0 Å². The van der Waals surface area contributed by atoms with Gasteiger partial charge in [0.25, 0.3) is 0 Å². The van der Waals surface area contributed by atoms with Gasteiger partial charge in [-0.2, -0.15) is 0 Å². The predicted molar refractivity (Wildman–Crippen MR) is 73.7 cm³/mol. The zero-order valence-corrected chi connectivity index (χ0v) is 11.4. The van der Waals surface area contributed by atoms with E-state index < -0.39 is 0 Å². The zero-order valence-electron chi connectivity index (χ0n) is 9.83. The van der Waals surface area contributed by atoms with Crippen LogP contribution in [0, 0.1) is 0 Å². The number of hydrogen-bond acceptors (Lipinski definition) is 2. The summed E-state index contributed by atoms with van der Waals surface area (Å²) in [4.78, 5) is 7.68. The zero-order chi connectivity index (χ0) is 12.1. The van der Waals surface area contributed by atoms with E-state index in [2.05, 4.69) is 50.3 Å². The lowest BCUT2D eigenvalue weighted by molar-refractivity contribution is 0.655. The van der Waals surface area contributed by atoms with Crippen molar-refractivity contribution in [1.29, 1.82) is 0 Å². The number of nitrogens with one attached hydrogen (secondary N) is 2. The molecule has 0 fully saturated rings. The van der Waals surface area contributed by atoms with Crippen LogP contribution in [0.2, 0.25) is 0 Å². The second-order valence-corrected chi connectivity index (χ2v) is 4.85. The highest BCUT2D eigenvalue weighted by molar-refractivity contribution is 9.10. The molecule has 1 heterocycles. The van der Waals surface area contributed by atoms with Crippen molar-refractivity contribution in [2.45, 2.75) is 19.9 Å². The summed E-state index contributed by atoms with van der Waals surface area (Å²) in [6.45, 7) is 3.97. The van der Waals surface area contributed by atoms with E-state index in [0.717, 1.165) is 41.1 Å². The molecule has 3 nitrogen and oxygen atoms in total. The lowest BCUT2D eigenvalue weighted by atomic mass is 10.2. The summed E-state index contributed by atoms with van der Waals surface area (Å²) in [7, 11) is 0. The second-order valence-electron chi connectivity index (χ2n) is 3.93. The van der Waals surface area contributed by atoms with Crippen molar-refractivity contribution in [1.82, 2.24) is 15.3 Å². The van der Waals surface area contributed by atoms with Crippen molar-refractivity contribution < 1.29 is 0 Å². The average molecular weight is 294 g/mol. The molecule has 0 atom stereocenters. The van der Waals surface area contributed by atoms with E-state index in [1.54, 1.807) is 0 Å². The Bertz CT molecular complexity index is 479. The number of aromatic nitrogens is 2. The Morgan fingerprint density at radius 3 is 3.06 bits per heavy atom. The first-order chi connectivity index (χ1) is 8.29. The van der Waals surface area contributed by atoms with Gasteiger partial charge in [0, 0.05) is 10.0 Å². The van der Waals surface area contributed by atoms with Gasteiger partial charge < -0.3 is 10.3 Å². The highest BCUT2D eigenvalue weighted by Gasteiger charge is 2.03. The van der Waals surface area contributed by atoms with Gasteiger partial charge in [-0.25, -0.2) is 4.98 Å². The Morgan fingerprint density at radius 1 is 1.41 bits per heavy atom. The van der Waals surface area contributed by atoms with Crippen LogP contribution in [0.15, 0.2) is 34.9 Å². The smallest absolute Gasteiger partial charge is 0.120 e. The van der Waals surface area contributed by atoms with Crippen LogP contribution in [0.25, 0.3) is 11.3 Å². The van der Waals surface area contributed by atoms with Crippen LogP contribution in [-0.4, -0.2) is 16.5 Å². The van der Waals surface area contributed by atoms with Crippen LogP contribution in [0.1, 0.15) is 19.2 Å². The lowest BCUT2D eigenvalue weighted by Crippen LogP contribution is -2.14. The minimum Gasteiger partial charge on any atom is -0.341 e. The van der Waals surface area contributed by atoms with Crippen molar-refractivity contribution in [3.63, 3.8) is 0 Å². The molecule has 2 N–H and O–H groups in total. The molecule has 0 unspecified atom stereocenters. The Morgan fingerprint density at radius 2 is 2.29 bits per heavy atom. The molecule has 17 heavy (non-hydrogen) atoms. The molecule has 0 aliphatic carbocycles. The molecule has 0 amide bonds. The third kappa shape index (κ3) is 3.41. The Labute approximate surface area is 110 Å². The van der Waals surface area contributed by atoms with Gasteiger partial charge in [-0.15, -0.1) is 0 Å². The Hall–Kier alpha value is -1.13. The summed E-state index contributed by atoms with van der Waals surface area (Å²) in [5, 5.41) is 3.32. The van der Waals surface area contributed by atoms with Gasteiger partial charge in [0.2, 0.25) is 0 Å². The minimum absolute atomic E-state index is 0.793. The maximum absolute atomic E-state index is 4.36. The van der Waals surface area contributed by atoms with Crippen LogP contribution in [0.3, 0.4) is 0 Å². The van der Waals surface area contributed by atoms with E-state index in [0.29, 0.717) is 0 Å². The first-order valence-corrected chi connectivity index (χ1v) is 6.59. The highest BCUT2D eigenvalue weighted by atomic mass is 79.9. The maximum atomic E-state index is 4.36. The van der Waals surface area contributed by atoms with Crippen molar-refractivity contribution in [2.75, 3.05) is 6.54 Å². The molecular weight excluding hydrogens is 278 g/mol. The monoisotopic (exact) mass is 293 g/mol. The molecule has 0 bridgehead atoms. The second kappa shape index (κ2) is 5.98. The maximum Gasteiger partial charge on any atom is 0.120 e. The molecule has 0 aliphatic heterocycles. The molecule has 1 aromatic heterocycles. The molecule has 0 radical (unpaired) electrons. The summed E-state index contributed by atoms with van der Waals surface area (Å²) in [5.74, 6) is 0.980. The molecule has 0 saturated carbocycles.